The summed E-state index contributed by atoms with van der Waals surface area (Å²) in [4.78, 5) is 17.2. The first-order valence-electron chi connectivity index (χ1n) is 9.29. The van der Waals surface area contributed by atoms with E-state index in [0.717, 1.165) is 36.2 Å². The van der Waals surface area contributed by atoms with Gasteiger partial charge in [0.25, 0.3) is 0 Å². The minimum Gasteiger partial charge on any atom is -0.469 e. The zero-order chi connectivity index (χ0) is 17.8. The van der Waals surface area contributed by atoms with Gasteiger partial charge in [-0.1, -0.05) is 18.2 Å². The van der Waals surface area contributed by atoms with Gasteiger partial charge in [0.05, 0.1) is 30.3 Å². The predicted octanol–water partition coefficient (Wildman–Crippen LogP) is 2.87. The van der Waals surface area contributed by atoms with Gasteiger partial charge in [-0.05, 0) is 43.2 Å². The molecule has 1 N–H and O–H groups in total. The number of hydrogen-bond acceptors (Lipinski definition) is 4. The second kappa shape index (κ2) is 5.81. The van der Waals surface area contributed by atoms with E-state index in [9.17, 15) is 9.90 Å². The van der Waals surface area contributed by atoms with Gasteiger partial charge in [-0.2, -0.15) is 0 Å². The number of ether oxygens (including phenoxy) is 1. The van der Waals surface area contributed by atoms with Gasteiger partial charge >= 0.3 is 5.97 Å². The number of carbonyl (C=O) groups is 1. The van der Waals surface area contributed by atoms with Gasteiger partial charge in [0, 0.05) is 29.4 Å². The molecule has 4 atom stereocenters. The number of aromatic nitrogens is 2. The first-order chi connectivity index (χ1) is 12.7. The van der Waals surface area contributed by atoms with Crippen LogP contribution in [0.4, 0.5) is 0 Å². The normalized spacial score (nSPS) is 27.9. The third-order valence-electron chi connectivity index (χ3n) is 6.37. The highest BCUT2D eigenvalue weighted by molar-refractivity contribution is 5.97. The molecule has 0 amide bonds. The van der Waals surface area contributed by atoms with Crippen molar-refractivity contribution in [2.24, 2.45) is 17.8 Å². The Bertz CT molecular complexity index is 963. The molecule has 134 valence electrons. The summed E-state index contributed by atoms with van der Waals surface area (Å²) in [6.07, 6.45) is 3.90. The Morgan fingerprint density at radius 2 is 2.12 bits per heavy atom. The van der Waals surface area contributed by atoms with E-state index in [1.165, 1.54) is 18.2 Å². The van der Waals surface area contributed by atoms with Crippen molar-refractivity contribution in [3.8, 4) is 11.3 Å². The summed E-state index contributed by atoms with van der Waals surface area (Å²) < 4.78 is 7.30. The highest BCUT2D eigenvalue weighted by Crippen LogP contribution is 2.44. The van der Waals surface area contributed by atoms with Crippen LogP contribution in [0.15, 0.2) is 36.5 Å². The number of esters is 1. The molecule has 4 aliphatic rings. The minimum absolute atomic E-state index is 0.108. The smallest absolute Gasteiger partial charge is 0.311 e. The van der Waals surface area contributed by atoms with E-state index in [0.29, 0.717) is 12.3 Å². The van der Waals surface area contributed by atoms with Crippen LogP contribution in [-0.4, -0.2) is 33.8 Å². The largest absolute Gasteiger partial charge is 0.469 e. The highest BCUT2D eigenvalue weighted by atomic mass is 16.5. The van der Waals surface area contributed by atoms with E-state index in [1.807, 2.05) is 18.2 Å². The first-order valence-corrected chi connectivity index (χ1v) is 9.29. The first kappa shape index (κ1) is 15.8. The molecule has 5 nitrogen and oxygen atoms in total. The van der Waals surface area contributed by atoms with Crippen LogP contribution in [0.5, 0.6) is 0 Å². The Kier molecular flexibility index (Phi) is 3.54. The van der Waals surface area contributed by atoms with Crippen molar-refractivity contribution in [1.82, 2.24) is 9.55 Å². The van der Waals surface area contributed by atoms with Crippen molar-refractivity contribution in [2.45, 2.75) is 31.9 Å². The second-order valence-corrected chi connectivity index (χ2v) is 7.63. The molecule has 5 rings (SSSR count). The Morgan fingerprint density at radius 1 is 1.27 bits per heavy atom. The summed E-state index contributed by atoms with van der Waals surface area (Å²) in [5.41, 5.74) is 4.36. The number of pyridine rings is 1. The maximum absolute atomic E-state index is 12.3. The molecule has 3 aliphatic heterocycles. The molecular formula is C21H22N2O3. The molecule has 26 heavy (non-hydrogen) atoms. The van der Waals surface area contributed by atoms with E-state index >= 15 is 0 Å². The average Bonchev–Trinajstić information content (AvgIpc) is 3.05. The molecule has 0 aromatic heterocycles. The maximum atomic E-state index is 12.3. The topological polar surface area (TPSA) is 64.3 Å². The van der Waals surface area contributed by atoms with E-state index < -0.39 is 12.0 Å². The quantitative estimate of drug-likeness (QED) is 0.686. The number of carbonyl (C=O) groups excluding carboxylic acids is 1. The zero-order valence-electron chi connectivity index (χ0n) is 14.8. The van der Waals surface area contributed by atoms with Gasteiger partial charge in [0.15, 0.2) is 0 Å². The molecular weight excluding hydrogens is 328 g/mol. The molecule has 0 unspecified atom stereocenters. The van der Waals surface area contributed by atoms with Crippen LogP contribution < -0.4 is 0 Å². The zero-order valence-corrected chi connectivity index (χ0v) is 14.8. The van der Waals surface area contributed by atoms with Crippen LogP contribution in [0, 0.1) is 17.8 Å². The molecule has 1 aromatic rings. The molecule has 3 heterocycles. The van der Waals surface area contributed by atoms with Gasteiger partial charge in [0.2, 0.25) is 0 Å². The molecule has 0 radical (unpaired) electrons. The number of fused-ring (bicyclic) bond motifs is 6. The summed E-state index contributed by atoms with van der Waals surface area (Å²) in [5, 5.41) is 11.6. The molecule has 0 saturated heterocycles. The number of methoxy groups -OCH3 is 1. The van der Waals surface area contributed by atoms with Gasteiger partial charge in [0.1, 0.15) is 0 Å². The number of benzene rings is 1. The molecule has 5 heteroatoms. The van der Waals surface area contributed by atoms with Crippen molar-refractivity contribution < 1.29 is 14.6 Å². The maximum Gasteiger partial charge on any atom is 0.311 e. The Labute approximate surface area is 151 Å². The van der Waals surface area contributed by atoms with Crippen LogP contribution in [0.2, 0.25) is 0 Å². The lowest BCUT2D eigenvalue weighted by atomic mass is 9.67. The molecule has 1 saturated carbocycles. The van der Waals surface area contributed by atoms with E-state index in [2.05, 4.69) is 22.9 Å². The fourth-order valence-corrected chi connectivity index (χ4v) is 5.09. The van der Waals surface area contributed by atoms with Crippen molar-refractivity contribution >= 4 is 16.9 Å². The lowest BCUT2D eigenvalue weighted by molar-refractivity contribution is -0.157. The molecule has 1 aromatic carbocycles. The number of rotatable bonds is 1. The average molecular weight is 350 g/mol. The van der Waals surface area contributed by atoms with Crippen molar-refractivity contribution in [3.63, 3.8) is 0 Å². The predicted molar refractivity (Wildman–Crippen MR) is 97.8 cm³/mol. The van der Waals surface area contributed by atoms with E-state index in [-0.39, 0.29) is 11.9 Å². The molecule has 0 spiro atoms. The number of nitrogens with zero attached hydrogens (tertiary/aromatic N) is 2. The highest BCUT2D eigenvalue weighted by Gasteiger charge is 2.46. The van der Waals surface area contributed by atoms with Crippen LogP contribution in [0.3, 0.4) is 0 Å². The molecule has 1 fully saturated rings. The number of para-hydroxylation sites is 1. The second-order valence-electron chi connectivity index (χ2n) is 7.63. The summed E-state index contributed by atoms with van der Waals surface area (Å²) in [7, 11) is 1.41. The third-order valence-corrected chi connectivity index (χ3v) is 6.37. The fraction of sp³-hybridized carbons (Fsp3) is 0.429. The van der Waals surface area contributed by atoms with Gasteiger partial charge in [-0.3, -0.25) is 4.79 Å². The third kappa shape index (κ3) is 2.20. The van der Waals surface area contributed by atoms with Crippen LogP contribution in [0.1, 0.15) is 18.5 Å². The van der Waals surface area contributed by atoms with Gasteiger partial charge in [-0.25, -0.2) is 4.98 Å². The van der Waals surface area contributed by atoms with Crippen LogP contribution in [-0.2, 0) is 22.5 Å². The van der Waals surface area contributed by atoms with Crippen molar-refractivity contribution in [2.75, 3.05) is 7.11 Å². The van der Waals surface area contributed by atoms with E-state index in [4.69, 9.17) is 9.72 Å². The standard InChI is InChI=1S/C21H22N2O3/c1-26-21(25)19-15-10-17-20-14(13-4-2-3-5-16(13)22-20)8-9-23(17)11-12(15)6-7-18(19)24/h2-5,8-9,12,15,18-19,24H,6-7,10-11H2,1H3/t12-,15-,18-,19+/m0/s1. The molecule has 1 aliphatic carbocycles. The Morgan fingerprint density at radius 3 is 2.96 bits per heavy atom. The number of aliphatic hydroxyl groups excluding tert-OH is 1. The van der Waals surface area contributed by atoms with Crippen LogP contribution in [0.25, 0.3) is 22.2 Å². The van der Waals surface area contributed by atoms with Gasteiger partial charge < -0.3 is 14.4 Å². The lowest BCUT2D eigenvalue weighted by Gasteiger charge is -2.43. The number of aliphatic hydroxyl groups is 1. The summed E-state index contributed by atoms with van der Waals surface area (Å²) in [6.45, 7) is 0.874. The Hall–Kier alpha value is -2.40. The monoisotopic (exact) mass is 350 g/mol. The van der Waals surface area contributed by atoms with Gasteiger partial charge in [-0.15, -0.1) is 0 Å². The fourth-order valence-electron chi connectivity index (χ4n) is 5.09. The lowest BCUT2D eigenvalue weighted by Crippen LogP contribution is -2.47. The van der Waals surface area contributed by atoms with Crippen LogP contribution >= 0.6 is 0 Å². The van der Waals surface area contributed by atoms with E-state index in [1.54, 1.807) is 0 Å². The SMILES string of the molecule is COC(=O)[C@@H]1[C@H]2Cc3c4nc5ccccc5c-4ccn3C[C@@H]2CC[C@@H]1O. The van der Waals surface area contributed by atoms with Crippen molar-refractivity contribution in [1.29, 1.82) is 0 Å². The summed E-state index contributed by atoms with van der Waals surface area (Å²) in [6, 6.07) is 10.4. The minimum atomic E-state index is -0.610. The van der Waals surface area contributed by atoms with Crippen molar-refractivity contribution in [3.05, 3.63) is 42.2 Å². The summed E-state index contributed by atoms with van der Waals surface area (Å²) in [5.74, 6) is -0.223. The summed E-state index contributed by atoms with van der Waals surface area (Å²) >= 11 is 0. The number of hydrogen-bond donors (Lipinski definition) is 1. The molecule has 0 bridgehead atoms. The Balaban J connectivity index is 1.62.